The highest BCUT2D eigenvalue weighted by Crippen LogP contribution is 2.54. The molecule has 1 heteroatoms. The number of rotatable bonds is 0. The van der Waals surface area contributed by atoms with Crippen molar-refractivity contribution < 1.29 is 4.74 Å². The topological polar surface area (TPSA) is 9.23 Å². The van der Waals surface area contributed by atoms with E-state index in [4.69, 9.17) is 4.74 Å². The summed E-state index contributed by atoms with van der Waals surface area (Å²) in [5, 5.41) is 0. The number of hydrogen-bond acceptors (Lipinski definition) is 1. The summed E-state index contributed by atoms with van der Waals surface area (Å²) in [6, 6.07) is 0. The Morgan fingerprint density at radius 3 is 3.00 bits per heavy atom. The highest BCUT2D eigenvalue weighted by Gasteiger charge is 2.52. The molecule has 0 spiro atoms. The van der Waals surface area contributed by atoms with Crippen LogP contribution in [0.15, 0.2) is 23.3 Å². The zero-order valence-corrected chi connectivity index (χ0v) is 10.6. The van der Waals surface area contributed by atoms with Crippen LogP contribution >= 0.6 is 0 Å². The summed E-state index contributed by atoms with van der Waals surface area (Å²) in [7, 11) is 0. The van der Waals surface area contributed by atoms with E-state index in [1.54, 1.807) is 11.1 Å². The fraction of sp³-hybridized carbons (Fsp3) is 0.733. The van der Waals surface area contributed by atoms with Gasteiger partial charge in [0.15, 0.2) is 0 Å². The highest BCUT2D eigenvalue weighted by atomic mass is 16.5. The van der Waals surface area contributed by atoms with Crippen LogP contribution in [0.5, 0.6) is 0 Å². The summed E-state index contributed by atoms with van der Waals surface area (Å²) in [5.74, 6) is 1.42. The van der Waals surface area contributed by atoms with Gasteiger partial charge < -0.3 is 4.74 Å². The molecule has 2 aliphatic carbocycles. The van der Waals surface area contributed by atoms with Crippen molar-refractivity contribution in [2.75, 3.05) is 6.61 Å². The van der Waals surface area contributed by atoms with Crippen molar-refractivity contribution in [1.29, 1.82) is 0 Å². The van der Waals surface area contributed by atoms with Crippen LogP contribution in [0.25, 0.3) is 0 Å². The van der Waals surface area contributed by atoms with Gasteiger partial charge in [-0.15, -0.1) is 0 Å². The van der Waals surface area contributed by atoms with Crippen LogP contribution in [-0.2, 0) is 4.74 Å². The van der Waals surface area contributed by atoms with Crippen LogP contribution in [0.1, 0.15) is 40.0 Å². The van der Waals surface area contributed by atoms with Gasteiger partial charge in [0.05, 0.1) is 12.7 Å². The molecule has 88 valence electrons. The van der Waals surface area contributed by atoms with Gasteiger partial charge in [-0.2, -0.15) is 0 Å². The van der Waals surface area contributed by atoms with Crippen LogP contribution in [0.4, 0.5) is 0 Å². The first-order valence-electron chi connectivity index (χ1n) is 6.56. The molecular formula is C15H22O. The van der Waals surface area contributed by atoms with Gasteiger partial charge in [0.25, 0.3) is 0 Å². The Bertz CT molecular complexity index is 362. The zero-order chi connectivity index (χ0) is 11.3. The van der Waals surface area contributed by atoms with Crippen molar-refractivity contribution in [1.82, 2.24) is 0 Å². The Balaban J connectivity index is 2.01. The minimum Gasteiger partial charge on any atom is -0.373 e. The predicted octanol–water partition coefficient (Wildman–Crippen LogP) is 3.71. The molecule has 0 aromatic heterocycles. The van der Waals surface area contributed by atoms with E-state index < -0.39 is 0 Å². The van der Waals surface area contributed by atoms with Gasteiger partial charge in [-0.3, -0.25) is 0 Å². The Morgan fingerprint density at radius 1 is 1.38 bits per heavy atom. The van der Waals surface area contributed by atoms with Crippen molar-refractivity contribution in [3.8, 4) is 0 Å². The third-order valence-corrected chi connectivity index (χ3v) is 4.62. The van der Waals surface area contributed by atoms with Crippen molar-refractivity contribution in [3.05, 3.63) is 23.3 Å². The van der Waals surface area contributed by atoms with Crippen LogP contribution in [-0.4, -0.2) is 12.7 Å². The summed E-state index contributed by atoms with van der Waals surface area (Å²) >= 11 is 0. The fourth-order valence-electron chi connectivity index (χ4n) is 3.93. The average molecular weight is 218 g/mol. The Hall–Kier alpha value is -0.560. The molecule has 0 radical (unpaired) electrons. The van der Waals surface area contributed by atoms with Crippen LogP contribution in [0.3, 0.4) is 0 Å². The molecule has 0 amide bonds. The minimum absolute atomic E-state index is 0.353. The maximum atomic E-state index is 6.05. The van der Waals surface area contributed by atoms with Gasteiger partial charge in [0, 0.05) is 5.92 Å². The molecule has 1 saturated heterocycles. The molecule has 0 bridgehead atoms. The van der Waals surface area contributed by atoms with Crippen molar-refractivity contribution in [3.63, 3.8) is 0 Å². The van der Waals surface area contributed by atoms with E-state index in [-0.39, 0.29) is 0 Å². The molecule has 0 aromatic rings. The van der Waals surface area contributed by atoms with Crippen molar-refractivity contribution in [2.45, 2.75) is 46.1 Å². The lowest BCUT2D eigenvalue weighted by Gasteiger charge is -2.24. The summed E-state index contributed by atoms with van der Waals surface area (Å²) in [6.45, 7) is 7.92. The van der Waals surface area contributed by atoms with Crippen LogP contribution < -0.4 is 0 Å². The van der Waals surface area contributed by atoms with E-state index in [0.717, 1.165) is 12.5 Å². The lowest BCUT2D eigenvalue weighted by atomic mass is 9.84. The average Bonchev–Trinajstić information content (AvgIpc) is 2.66. The number of allylic oxidation sites excluding steroid dienone is 3. The van der Waals surface area contributed by atoms with Gasteiger partial charge in [0.1, 0.15) is 0 Å². The van der Waals surface area contributed by atoms with Crippen LogP contribution in [0, 0.1) is 17.3 Å². The molecule has 3 rings (SSSR count). The smallest absolute Gasteiger partial charge is 0.0702 e. The maximum absolute atomic E-state index is 6.05. The maximum Gasteiger partial charge on any atom is 0.0702 e. The van der Waals surface area contributed by atoms with Crippen LogP contribution in [0.2, 0.25) is 0 Å². The van der Waals surface area contributed by atoms with E-state index >= 15 is 0 Å². The van der Waals surface area contributed by atoms with Gasteiger partial charge in [0.2, 0.25) is 0 Å². The molecule has 1 nitrogen and oxygen atoms in total. The molecule has 3 aliphatic rings. The monoisotopic (exact) mass is 218 g/mol. The normalized spacial score (nSPS) is 47.3. The predicted molar refractivity (Wildman–Crippen MR) is 66.2 cm³/mol. The molecule has 0 N–H and O–H groups in total. The van der Waals surface area contributed by atoms with Gasteiger partial charge >= 0.3 is 0 Å². The van der Waals surface area contributed by atoms with E-state index in [1.807, 2.05) is 0 Å². The SMILES string of the molecule is C/C1=C/[C@H]2CC(C)(C)[C@H]3OC/C(=C/CC1)[C@@H]23. The first-order valence-corrected chi connectivity index (χ1v) is 6.56. The van der Waals surface area contributed by atoms with E-state index in [9.17, 15) is 0 Å². The van der Waals surface area contributed by atoms with E-state index in [2.05, 4.69) is 32.9 Å². The van der Waals surface area contributed by atoms with E-state index in [0.29, 0.717) is 17.4 Å². The highest BCUT2D eigenvalue weighted by molar-refractivity contribution is 5.26. The molecule has 16 heavy (non-hydrogen) atoms. The zero-order valence-electron chi connectivity index (χ0n) is 10.6. The quantitative estimate of drug-likeness (QED) is 0.563. The Labute approximate surface area is 98.6 Å². The summed E-state index contributed by atoms with van der Waals surface area (Å²) < 4.78 is 6.05. The first-order chi connectivity index (χ1) is 7.58. The van der Waals surface area contributed by atoms with E-state index in [1.165, 1.54) is 19.3 Å². The fourth-order valence-corrected chi connectivity index (χ4v) is 3.93. The molecule has 1 aliphatic heterocycles. The van der Waals surface area contributed by atoms with Gasteiger partial charge in [-0.1, -0.05) is 31.6 Å². The molecule has 1 heterocycles. The molecule has 3 atom stereocenters. The second-order valence-electron chi connectivity index (χ2n) is 6.44. The summed E-state index contributed by atoms with van der Waals surface area (Å²) in [4.78, 5) is 0. The lowest BCUT2D eigenvalue weighted by molar-refractivity contribution is 0.0269. The molecular weight excluding hydrogens is 196 g/mol. The lowest BCUT2D eigenvalue weighted by Crippen LogP contribution is -2.26. The second kappa shape index (κ2) is 3.46. The summed E-state index contributed by atoms with van der Waals surface area (Å²) in [6.07, 6.45) is 9.18. The third kappa shape index (κ3) is 1.48. The Kier molecular flexibility index (Phi) is 2.29. The third-order valence-electron chi connectivity index (χ3n) is 4.62. The number of hydrogen-bond donors (Lipinski definition) is 0. The largest absolute Gasteiger partial charge is 0.373 e. The van der Waals surface area contributed by atoms with Crippen molar-refractivity contribution >= 4 is 0 Å². The Morgan fingerprint density at radius 2 is 2.19 bits per heavy atom. The minimum atomic E-state index is 0.353. The second-order valence-corrected chi connectivity index (χ2v) is 6.44. The standard InChI is InChI=1S/C15H22O/c1-10-5-4-6-11-9-16-14-13(11)12(7-10)8-15(14,2)3/h6-7,12-14H,4-5,8-9H2,1-3H3/b10-7-,11-6-/t12-,13-,14-/m0/s1. The molecule has 2 fully saturated rings. The van der Waals surface area contributed by atoms with Gasteiger partial charge in [-0.25, -0.2) is 0 Å². The van der Waals surface area contributed by atoms with Gasteiger partial charge in [-0.05, 0) is 43.1 Å². The number of ether oxygens (including phenoxy) is 1. The molecule has 1 saturated carbocycles. The van der Waals surface area contributed by atoms with Crippen molar-refractivity contribution in [2.24, 2.45) is 17.3 Å². The first kappa shape index (κ1) is 10.6. The molecule has 0 unspecified atom stereocenters. The summed E-state index contributed by atoms with van der Waals surface area (Å²) in [5.41, 5.74) is 3.51. The molecule has 0 aromatic carbocycles.